The van der Waals surface area contributed by atoms with Crippen LogP contribution in [0.4, 0.5) is 5.69 Å². The van der Waals surface area contributed by atoms with E-state index in [9.17, 15) is 9.59 Å². The Morgan fingerprint density at radius 2 is 1.82 bits per heavy atom. The molecule has 1 aromatic heterocycles. The summed E-state index contributed by atoms with van der Waals surface area (Å²) in [7, 11) is 1.56. The van der Waals surface area contributed by atoms with Crippen molar-refractivity contribution in [1.82, 2.24) is 0 Å². The van der Waals surface area contributed by atoms with Gasteiger partial charge in [0.05, 0.1) is 18.2 Å². The number of methoxy groups -OCH3 is 1. The number of halogens is 1. The van der Waals surface area contributed by atoms with E-state index in [4.69, 9.17) is 13.9 Å². The zero-order valence-electron chi connectivity index (χ0n) is 19.4. The smallest absolute Gasteiger partial charge is 0.312 e. The number of nitrogens with one attached hydrogen (secondary N) is 1. The molecule has 178 valence electrons. The van der Waals surface area contributed by atoms with Gasteiger partial charge in [0.1, 0.15) is 16.9 Å². The van der Waals surface area contributed by atoms with E-state index < -0.39 is 11.5 Å². The zero-order valence-corrected chi connectivity index (χ0v) is 20.9. The van der Waals surface area contributed by atoms with Gasteiger partial charge in [0, 0.05) is 21.2 Å². The first-order chi connectivity index (χ1) is 16.3. The van der Waals surface area contributed by atoms with Gasteiger partial charge in [-0.25, -0.2) is 0 Å². The molecule has 1 amide bonds. The molecule has 34 heavy (non-hydrogen) atoms. The lowest BCUT2D eigenvalue weighted by molar-refractivity contribution is -0.175. The van der Waals surface area contributed by atoms with Crippen LogP contribution in [0.3, 0.4) is 0 Å². The van der Waals surface area contributed by atoms with Crippen molar-refractivity contribution >= 4 is 55.4 Å². The third kappa shape index (κ3) is 3.51. The summed E-state index contributed by atoms with van der Waals surface area (Å²) >= 11 is 3.94. The van der Waals surface area contributed by atoms with E-state index in [1.54, 1.807) is 20.1 Å². The minimum absolute atomic E-state index is 0.0525. The summed E-state index contributed by atoms with van der Waals surface area (Å²) in [6.07, 6.45) is 5.13. The lowest BCUT2D eigenvalue weighted by Crippen LogP contribution is -2.56. The first kappa shape index (κ1) is 22.0. The van der Waals surface area contributed by atoms with Crippen molar-refractivity contribution < 1.29 is 23.5 Å². The number of para-hydroxylation sites is 1. The van der Waals surface area contributed by atoms with Crippen molar-refractivity contribution in [2.45, 2.75) is 55.9 Å². The third-order valence-electron chi connectivity index (χ3n) is 8.03. The van der Waals surface area contributed by atoms with Crippen LogP contribution in [0.1, 0.15) is 45.4 Å². The lowest BCUT2D eigenvalue weighted by atomic mass is 9.49. The van der Waals surface area contributed by atoms with Gasteiger partial charge in [-0.05, 0) is 69.4 Å². The highest BCUT2D eigenvalue weighted by Crippen LogP contribution is 2.64. The summed E-state index contributed by atoms with van der Waals surface area (Å²) in [5.74, 6) is 1.04. The fourth-order valence-electron chi connectivity index (χ4n) is 6.98. The summed E-state index contributed by atoms with van der Waals surface area (Å²) < 4.78 is 17.3. The second kappa shape index (κ2) is 7.74. The van der Waals surface area contributed by atoms with E-state index in [0.717, 1.165) is 48.5 Å². The Hall–Kier alpha value is -2.54. The molecule has 1 N–H and O–H groups in total. The molecule has 0 spiro atoms. The molecule has 6 nitrogen and oxygen atoms in total. The number of furan rings is 1. The maximum atomic E-state index is 13.3. The molecule has 0 aliphatic heterocycles. The zero-order chi connectivity index (χ0) is 23.7. The van der Waals surface area contributed by atoms with Crippen LogP contribution >= 0.6 is 15.9 Å². The Kier molecular flexibility index (Phi) is 5.00. The average Bonchev–Trinajstić information content (AvgIpc) is 3.14. The van der Waals surface area contributed by atoms with Crippen LogP contribution in [0.15, 0.2) is 40.8 Å². The highest BCUT2D eigenvalue weighted by molar-refractivity contribution is 9.10. The standard InChI is InChI=1S/C27H28BrNO5/c1-15(33-25(31)26-10-16-7-17(11-26)13-27(28,12-16)14-26)24(30)29-20-9-22-19(8-23(20)32-2)18-5-3-4-6-21(18)34-22/h3-6,8-9,15-17H,7,10-14H2,1-2H3,(H,29,30). The van der Waals surface area contributed by atoms with Crippen molar-refractivity contribution in [2.75, 3.05) is 12.4 Å². The number of anilines is 1. The van der Waals surface area contributed by atoms with Gasteiger partial charge in [0.15, 0.2) is 6.10 Å². The van der Waals surface area contributed by atoms with Gasteiger partial charge in [-0.3, -0.25) is 9.59 Å². The Balaban J connectivity index is 1.20. The second-order valence-electron chi connectivity index (χ2n) is 10.6. The number of hydrogen-bond donors (Lipinski definition) is 1. The number of esters is 1. The van der Waals surface area contributed by atoms with E-state index in [2.05, 4.69) is 21.2 Å². The molecule has 0 radical (unpaired) electrons. The number of carbonyl (C=O) groups excluding carboxylic acids is 2. The number of rotatable bonds is 5. The Bertz CT molecular complexity index is 1300. The summed E-state index contributed by atoms with van der Waals surface area (Å²) in [5, 5.41) is 4.77. The summed E-state index contributed by atoms with van der Waals surface area (Å²) in [5.41, 5.74) is 1.44. The molecule has 4 aliphatic carbocycles. The normalized spacial score (nSPS) is 30.4. The monoisotopic (exact) mass is 525 g/mol. The average molecular weight is 526 g/mol. The van der Waals surface area contributed by atoms with Crippen LogP contribution in [-0.2, 0) is 14.3 Å². The van der Waals surface area contributed by atoms with E-state index in [-0.39, 0.29) is 16.2 Å². The largest absolute Gasteiger partial charge is 0.495 e. The summed E-state index contributed by atoms with van der Waals surface area (Å²) in [4.78, 5) is 26.4. The fourth-order valence-corrected chi connectivity index (χ4v) is 8.43. The summed E-state index contributed by atoms with van der Waals surface area (Å²) in [6, 6.07) is 11.4. The Morgan fingerprint density at radius 3 is 2.53 bits per heavy atom. The van der Waals surface area contributed by atoms with Gasteiger partial charge < -0.3 is 19.2 Å². The van der Waals surface area contributed by atoms with Crippen molar-refractivity contribution in [2.24, 2.45) is 17.3 Å². The molecular weight excluding hydrogens is 498 g/mol. The van der Waals surface area contributed by atoms with E-state index in [1.165, 1.54) is 6.42 Å². The number of hydrogen-bond acceptors (Lipinski definition) is 5. The minimum atomic E-state index is -0.914. The molecule has 4 fully saturated rings. The van der Waals surface area contributed by atoms with Gasteiger partial charge in [0.25, 0.3) is 5.91 Å². The van der Waals surface area contributed by atoms with Crippen LogP contribution in [0.2, 0.25) is 0 Å². The predicted molar refractivity (Wildman–Crippen MR) is 133 cm³/mol. The van der Waals surface area contributed by atoms with Gasteiger partial charge in [-0.15, -0.1) is 0 Å². The van der Waals surface area contributed by atoms with Gasteiger partial charge in [-0.1, -0.05) is 34.1 Å². The van der Waals surface area contributed by atoms with Crippen LogP contribution in [0.5, 0.6) is 5.75 Å². The second-order valence-corrected chi connectivity index (χ2v) is 12.3. The quantitative estimate of drug-likeness (QED) is 0.317. The molecule has 3 aromatic rings. The lowest BCUT2D eigenvalue weighted by Gasteiger charge is -2.58. The molecule has 7 heteroatoms. The minimum Gasteiger partial charge on any atom is -0.495 e. The number of alkyl halides is 1. The maximum Gasteiger partial charge on any atom is 0.312 e. The van der Waals surface area contributed by atoms with Crippen molar-refractivity contribution in [3.8, 4) is 5.75 Å². The van der Waals surface area contributed by atoms with Gasteiger partial charge in [-0.2, -0.15) is 0 Å². The van der Waals surface area contributed by atoms with Crippen LogP contribution < -0.4 is 10.1 Å². The molecule has 3 unspecified atom stereocenters. The highest BCUT2D eigenvalue weighted by atomic mass is 79.9. The Morgan fingerprint density at radius 1 is 1.09 bits per heavy atom. The third-order valence-corrected chi connectivity index (χ3v) is 8.96. The maximum absolute atomic E-state index is 13.3. The Labute approximate surface area is 206 Å². The molecule has 4 bridgehead atoms. The molecule has 0 saturated heterocycles. The van der Waals surface area contributed by atoms with Crippen LogP contribution in [0, 0.1) is 17.3 Å². The van der Waals surface area contributed by atoms with Crippen molar-refractivity contribution in [3.05, 3.63) is 36.4 Å². The van der Waals surface area contributed by atoms with Gasteiger partial charge >= 0.3 is 5.97 Å². The molecule has 1 heterocycles. The number of carbonyl (C=O) groups is 2. The number of benzene rings is 2. The molecule has 7 rings (SSSR count). The number of ether oxygens (including phenoxy) is 2. The van der Waals surface area contributed by atoms with Crippen molar-refractivity contribution in [3.63, 3.8) is 0 Å². The van der Waals surface area contributed by atoms with Crippen LogP contribution in [0.25, 0.3) is 21.9 Å². The molecule has 4 aliphatic rings. The number of fused-ring (bicyclic) bond motifs is 3. The molecular formula is C27H28BrNO5. The van der Waals surface area contributed by atoms with Gasteiger partial charge in [0.2, 0.25) is 0 Å². The van der Waals surface area contributed by atoms with E-state index in [1.807, 2.05) is 30.3 Å². The molecule has 2 aromatic carbocycles. The topological polar surface area (TPSA) is 77.8 Å². The first-order valence-electron chi connectivity index (χ1n) is 12.0. The predicted octanol–water partition coefficient (Wildman–Crippen LogP) is 6.20. The number of amides is 1. The SMILES string of the molecule is COc1cc2c(cc1NC(=O)C(C)OC(=O)C13CC4CC(CC(Br)(C4)C1)C3)oc1ccccc12. The fraction of sp³-hybridized carbons (Fsp3) is 0.481. The van der Waals surface area contributed by atoms with E-state index >= 15 is 0 Å². The molecule has 4 saturated carbocycles. The van der Waals surface area contributed by atoms with E-state index in [0.29, 0.717) is 28.9 Å². The van der Waals surface area contributed by atoms with Crippen molar-refractivity contribution in [1.29, 1.82) is 0 Å². The highest BCUT2D eigenvalue weighted by Gasteiger charge is 2.60. The van der Waals surface area contributed by atoms with Crippen LogP contribution in [-0.4, -0.2) is 29.4 Å². The summed E-state index contributed by atoms with van der Waals surface area (Å²) in [6.45, 7) is 1.63. The molecule has 3 atom stereocenters. The first-order valence-corrected chi connectivity index (χ1v) is 12.8.